The predicted molar refractivity (Wildman–Crippen MR) is 152 cm³/mol. The van der Waals surface area contributed by atoms with Gasteiger partial charge in [0.15, 0.2) is 0 Å². The minimum absolute atomic E-state index is 0.0179. The first kappa shape index (κ1) is 27.2. The summed E-state index contributed by atoms with van der Waals surface area (Å²) in [7, 11) is 0. The van der Waals surface area contributed by atoms with Crippen LogP contribution in [0.4, 0.5) is 20.3 Å². The number of rotatable bonds is 7. The van der Waals surface area contributed by atoms with Crippen LogP contribution in [0.25, 0.3) is 11.3 Å². The van der Waals surface area contributed by atoms with Crippen LogP contribution < -0.4 is 16.0 Å². The van der Waals surface area contributed by atoms with Crippen molar-refractivity contribution in [1.29, 1.82) is 0 Å². The fourth-order valence-corrected chi connectivity index (χ4v) is 4.85. The number of benzodiazepines with no additional fused rings is 1. The second-order valence-corrected chi connectivity index (χ2v) is 10.2. The summed E-state index contributed by atoms with van der Waals surface area (Å²) in [6.45, 7) is 4.50. The van der Waals surface area contributed by atoms with Gasteiger partial charge < -0.3 is 20.7 Å². The first-order valence-electron chi connectivity index (χ1n) is 13.4. The lowest BCUT2D eigenvalue weighted by Gasteiger charge is -2.28. The third kappa shape index (κ3) is 5.12. The van der Waals surface area contributed by atoms with E-state index in [2.05, 4.69) is 31.0 Å². The molecule has 2 aromatic heterocycles. The van der Waals surface area contributed by atoms with E-state index in [0.717, 1.165) is 0 Å². The third-order valence-electron chi connectivity index (χ3n) is 6.89. The van der Waals surface area contributed by atoms with E-state index in [0.29, 0.717) is 35.9 Å². The van der Waals surface area contributed by atoms with Crippen LogP contribution in [0.1, 0.15) is 41.4 Å². The number of aliphatic imine (C=N–C) groups is 1. The second-order valence-electron chi connectivity index (χ2n) is 10.2. The maximum absolute atomic E-state index is 15.4. The number of hydrogen-bond donors (Lipinski definition) is 3. The number of para-hydroxylation sites is 1. The quantitative estimate of drug-likeness (QED) is 0.287. The van der Waals surface area contributed by atoms with Crippen molar-refractivity contribution in [2.45, 2.75) is 32.1 Å². The third-order valence-corrected chi connectivity index (χ3v) is 6.89. The first-order valence-corrected chi connectivity index (χ1v) is 13.4. The van der Waals surface area contributed by atoms with Gasteiger partial charge in [-0.2, -0.15) is 9.49 Å². The molecule has 0 unspecified atom stereocenters. The van der Waals surface area contributed by atoms with Crippen molar-refractivity contribution in [3.05, 3.63) is 95.3 Å². The average Bonchev–Trinajstić information content (AvgIpc) is 3.29. The summed E-state index contributed by atoms with van der Waals surface area (Å²) in [4.78, 5) is 35.6. The van der Waals surface area contributed by atoms with Gasteiger partial charge in [0.2, 0.25) is 12.1 Å². The number of carbonyl (C=O) groups excluding carboxylic acids is 2. The standard InChI is InChI=1S/C30H27F2N7O3/c1-16(2)34-23-12-11-20(27(32)35-23)26-21(13-33-39(26)18-14-42-15-18)29(40)38-28-30(41)37-25-19(9-6-10-22(25)31)24(36-28)17-7-4-3-5-8-17/h3-13,16,18,28H,14-15H2,1-2H3,(H,34,35)(H,37,41)(H,38,40)/t28-/m1/s1. The lowest BCUT2D eigenvalue weighted by Crippen LogP contribution is -2.42. The number of carbonyl (C=O) groups is 2. The Kier molecular flexibility index (Phi) is 7.21. The molecule has 0 spiro atoms. The Balaban J connectivity index is 1.39. The van der Waals surface area contributed by atoms with Crippen LogP contribution in [0.15, 0.2) is 71.9 Å². The van der Waals surface area contributed by atoms with Crippen molar-refractivity contribution >= 4 is 29.0 Å². The number of aromatic nitrogens is 3. The molecule has 42 heavy (non-hydrogen) atoms. The molecule has 2 aliphatic heterocycles. The molecule has 4 aromatic rings. The largest absolute Gasteiger partial charge is 0.377 e. The van der Waals surface area contributed by atoms with Crippen molar-refractivity contribution in [3.63, 3.8) is 0 Å². The molecule has 0 saturated carbocycles. The molecule has 1 atom stereocenters. The predicted octanol–water partition coefficient (Wildman–Crippen LogP) is 4.16. The van der Waals surface area contributed by atoms with Crippen LogP contribution in [0, 0.1) is 11.8 Å². The normalized spacial score (nSPS) is 16.6. The van der Waals surface area contributed by atoms with E-state index in [9.17, 15) is 14.0 Å². The van der Waals surface area contributed by atoms with Crippen LogP contribution in [0.2, 0.25) is 0 Å². The van der Waals surface area contributed by atoms with Crippen molar-refractivity contribution in [3.8, 4) is 11.3 Å². The van der Waals surface area contributed by atoms with Crippen LogP contribution >= 0.6 is 0 Å². The van der Waals surface area contributed by atoms with Gasteiger partial charge in [0.25, 0.3) is 11.8 Å². The van der Waals surface area contributed by atoms with Gasteiger partial charge in [-0.1, -0.05) is 42.5 Å². The molecule has 6 rings (SSSR count). The van der Waals surface area contributed by atoms with Gasteiger partial charge in [0, 0.05) is 17.2 Å². The minimum Gasteiger partial charge on any atom is -0.377 e. The maximum Gasteiger partial charge on any atom is 0.269 e. The molecule has 0 bridgehead atoms. The molecule has 214 valence electrons. The van der Waals surface area contributed by atoms with Crippen LogP contribution in [0.3, 0.4) is 0 Å². The Morgan fingerprint density at radius 3 is 2.52 bits per heavy atom. The van der Waals surface area contributed by atoms with E-state index < -0.39 is 29.7 Å². The lowest BCUT2D eigenvalue weighted by molar-refractivity contribution is -0.117. The molecule has 10 nitrogen and oxygen atoms in total. The van der Waals surface area contributed by atoms with E-state index in [1.54, 1.807) is 36.4 Å². The highest BCUT2D eigenvalue weighted by molar-refractivity contribution is 6.20. The van der Waals surface area contributed by atoms with Crippen LogP contribution in [-0.2, 0) is 9.53 Å². The van der Waals surface area contributed by atoms with Gasteiger partial charge in [-0.25, -0.2) is 14.4 Å². The summed E-state index contributed by atoms with van der Waals surface area (Å²) in [5.74, 6) is -2.54. The highest BCUT2D eigenvalue weighted by Gasteiger charge is 2.33. The van der Waals surface area contributed by atoms with Crippen molar-refractivity contribution in [2.75, 3.05) is 23.8 Å². The first-order chi connectivity index (χ1) is 20.3. The molecule has 2 amide bonds. The number of amides is 2. The van der Waals surface area contributed by atoms with Crippen LogP contribution in [-0.4, -0.2) is 57.7 Å². The molecule has 12 heteroatoms. The molecular weight excluding hydrogens is 544 g/mol. The molecule has 2 aliphatic rings. The minimum atomic E-state index is -1.43. The Hall–Kier alpha value is -4.97. The zero-order chi connectivity index (χ0) is 29.4. The van der Waals surface area contributed by atoms with E-state index in [-0.39, 0.29) is 34.6 Å². The molecule has 1 fully saturated rings. The number of ether oxygens (including phenoxy) is 1. The monoisotopic (exact) mass is 571 g/mol. The summed E-state index contributed by atoms with van der Waals surface area (Å²) in [5, 5.41) is 12.6. The van der Waals surface area contributed by atoms with Crippen molar-refractivity contribution < 1.29 is 23.1 Å². The maximum atomic E-state index is 15.4. The van der Waals surface area contributed by atoms with Gasteiger partial charge in [-0.15, -0.1) is 0 Å². The number of anilines is 2. The SMILES string of the molecule is CC(C)Nc1ccc(-c2c(C(=O)N[C@H]3N=C(c4ccccc4)c4cccc(F)c4NC3=O)cnn2C2COC2)c(F)n1. The molecule has 0 aliphatic carbocycles. The number of hydrogen-bond acceptors (Lipinski definition) is 7. The topological polar surface area (TPSA) is 123 Å². The number of halogens is 2. The summed E-state index contributed by atoms with van der Waals surface area (Å²) in [6.07, 6.45) is -0.114. The number of nitrogens with zero attached hydrogens (tertiary/aromatic N) is 4. The van der Waals surface area contributed by atoms with Gasteiger partial charge in [0.05, 0.1) is 53.7 Å². The van der Waals surface area contributed by atoms with Crippen LogP contribution in [0.5, 0.6) is 0 Å². The van der Waals surface area contributed by atoms with E-state index in [4.69, 9.17) is 4.74 Å². The molecule has 4 heterocycles. The Morgan fingerprint density at radius 1 is 1.05 bits per heavy atom. The Labute approximate surface area is 239 Å². The zero-order valence-corrected chi connectivity index (χ0v) is 22.8. The molecule has 1 saturated heterocycles. The van der Waals surface area contributed by atoms with Crippen molar-refractivity contribution in [2.24, 2.45) is 4.99 Å². The Bertz CT molecular complexity index is 1700. The highest BCUT2D eigenvalue weighted by atomic mass is 19.1. The van der Waals surface area contributed by atoms with E-state index >= 15 is 4.39 Å². The molecule has 3 N–H and O–H groups in total. The van der Waals surface area contributed by atoms with Crippen molar-refractivity contribution in [1.82, 2.24) is 20.1 Å². The van der Waals surface area contributed by atoms with E-state index in [1.807, 2.05) is 19.9 Å². The van der Waals surface area contributed by atoms with Gasteiger partial charge in [-0.05, 0) is 32.0 Å². The van der Waals surface area contributed by atoms with Gasteiger partial charge in [-0.3, -0.25) is 14.3 Å². The molecular formula is C30H27F2N7O3. The van der Waals surface area contributed by atoms with Gasteiger partial charge >= 0.3 is 0 Å². The number of nitrogens with one attached hydrogen (secondary N) is 3. The fourth-order valence-electron chi connectivity index (χ4n) is 4.85. The lowest BCUT2D eigenvalue weighted by atomic mass is 10.0. The molecule has 0 radical (unpaired) electrons. The summed E-state index contributed by atoms with van der Waals surface area (Å²) in [6, 6.07) is 16.3. The summed E-state index contributed by atoms with van der Waals surface area (Å²) in [5.41, 5.74) is 1.55. The smallest absolute Gasteiger partial charge is 0.269 e. The highest BCUT2D eigenvalue weighted by Crippen LogP contribution is 2.32. The number of pyridine rings is 1. The van der Waals surface area contributed by atoms with E-state index in [1.165, 1.54) is 29.1 Å². The Morgan fingerprint density at radius 2 is 1.83 bits per heavy atom. The zero-order valence-electron chi connectivity index (χ0n) is 22.8. The molecule has 2 aromatic carbocycles. The summed E-state index contributed by atoms with van der Waals surface area (Å²) >= 11 is 0. The fraction of sp³-hybridized carbons (Fsp3) is 0.233. The van der Waals surface area contributed by atoms with Gasteiger partial charge in [0.1, 0.15) is 11.6 Å². The second kappa shape index (κ2) is 11.1. The number of fused-ring (bicyclic) bond motifs is 1. The average molecular weight is 572 g/mol. The number of benzene rings is 2. The summed E-state index contributed by atoms with van der Waals surface area (Å²) < 4.78 is 37.1.